The van der Waals surface area contributed by atoms with Crippen molar-refractivity contribution in [3.05, 3.63) is 23.2 Å². The minimum Gasteiger partial charge on any atom is -0.449 e. The lowest BCUT2D eigenvalue weighted by Gasteiger charge is -2.18. The highest BCUT2D eigenvalue weighted by molar-refractivity contribution is 9.09. The number of rotatable bonds is 8. The topological polar surface area (TPSA) is 72.5 Å². The summed E-state index contributed by atoms with van der Waals surface area (Å²) in [7, 11) is -3.23. The van der Waals surface area contributed by atoms with Crippen LogP contribution < -0.4 is 0 Å². The Kier molecular flexibility index (Phi) is 7.15. The van der Waals surface area contributed by atoms with Crippen LogP contribution in [0.15, 0.2) is 10.5 Å². The van der Waals surface area contributed by atoms with Crippen LogP contribution in [-0.4, -0.2) is 13.2 Å². The predicted molar refractivity (Wildman–Crippen MR) is 84.5 cm³/mol. The summed E-state index contributed by atoms with van der Waals surface area (Å²) >= 11 is 3.55. The lowest BCUT2D eigenvalue weighted by atomic mass is 10.1. The number of hydrogen-bond acceptors (Lipinski definition) is 5. The molecule has 0 spiro atoms. The van der Waals surface area contributed by atoms with Crippen molar-refractivity contribution in [3.8, 4) is 6.07 Å². The van der Waals surface area contributed by atoms with Crippen LogP contribution in [0, 0.1) is 17.2 Å². The molecular formula is C14H21BrNO4P. The van der Waals surface area contributed by atoms with Crippen LogP contribution in [0.25, 0.3) is 0 Å². The quantitative estimate of drug-likeness (QED) is 0.470. The highest BCUT2D eigenvalue weighted by Crippen LogP contribution is 2.53. The van der Waals surface area contributed by atoms with E-state index in [0.29, 0.717) is 24.5 Å². The van der Waals surface area contributed by atoms with Crippen molar-refractivity contribution in [2.24, 2.45) is 5.92 Å². The van der Waals surface area contributed by atoms with Gasteiger partial charge in [-0.2, -0.15) is 5.26 Å². The van der Waals surface area contributed by atoms with E-state index in [1.165, 1.54) is 0 Å². The molecule has 5 nitrogen and oxygen atoms in total. The molecule has 0 amide bonds. The molecule has 1 rings (SSSR count). The predicted octanol–water partition coefficient (Wildman–Crippen LogP) is 5.01. The van der Waals surface area contributed by atoms with Gasteiger partial charge in [0, 0.05) is 5.56 Å². The molecule has 0 aromatic carbocycles. The lowest BCUT2D eigenvalue weighted by molar-refractivity contribution is 0.219. The van der Waals surface area contributed by atoms with Gasteiger partial charge in [-0.05, 0) is 25.8 Å². The number of furan rings is 1. The molecule has 0 bridgehead atoms. The van der Waals surface area contributed by atoms with Gasteiger partial charge in [0.25, 0.3) is 0 Å². The second-order valence-corrected chi connectivity index (χ2v) is 7.90. The summed E-state index contributed by atoms with van der Waals surface area (Å²) in [6.45, 7) is 8.20. The van der Waals surface area contributed by atoms with E-state index < -0.39 is 7.60 Å². The first-order chi connectivity index (χ1) is 9.86. The Morgan fingerprint density at radius 3 is 2.38 bits per heavy atom. The summed E-state index contributed by atoms with van der Waals surface area (Å²) in [6.07, 6.45) is 0.101. The third-order valence-corrected chi connectivity index (χ3v) is 6.31. The van der Waals surface area contributed by atoms with Gasteiger partial charge < -0.3 is 13.5 Å². The molecule has 0 aliphatic heterocycles. The molecule has 0 fully saturated rings. The van der Waals surface area contributed by atoms with Crippen molar-refractivity contribution in [1.29, 1.82) is 5.26 Å². The van der Waals surface area contributed by atoms with E-state index >= 15 is 0 Å². The Morgan fingerprint density at radius 2 is 1.95 bits per heavy atom. The third kappa shape index (κ3) is 4.96. The van der Waals surface area contributed by atoms with Crippen LogP contribution in [0.3, 0.4) is 0 Å². The Hall–Kier alpha value is -0.600. The van der Waals surface area contributed by atoms with Crippen LogP contribution in [0.2, 0.25) is 0 Å². The molecule has 1 aromatic rings. The molecule has 0 aliphatic rings. The van der Waals surface area contributed by atoms with Crippen LogP contribution in [-0.2, 0) is 19.8 Å². The van der Waals surface area contributed by atoms with Gasteiger partial charge in [0.05, 0.1) is 24.2 Å². The van der Waals surface area contributed by atoms with E-state index in [2.05, 4.69) is 15.9 Å². The molecule has 1 atom stereocenters. The van der Waals surface area contributed by atoms with Crippen LogP contribution in [0.5, 0.6) is 0 Å². The van der Waals surface area contributed by atoms with Gasteiger partial charge in [-0.15, -0.1) is 0 Å². The number of nitriles is 1. The van der Waals surface area contributed by atoms with Crippen molar-refractivity contribution in [2.75, 3.05) is 13.2 Å². The maximum absolute atomic E-state index is 12.6. The molecule has 21 heavy (non-hydrogen) atoms. The molecule has 1 aromatic heterocycles. The molecule has 118 valence electrons. The average molecular weight is 378 g/mol. The van der Waals surface area contributed by atoms with Crippen LogP contribution in [0.1, 0.15) is 49.6 Å². The monoisotopic (exact) mass is 377 g/mol. The van der Waals surface area contributed by atoms with E-state index in [1.54, 1.807) is 19.9 Å². The van der Waals surface area contributed by atoms with Gasteiger partial charge in [-0.25, -0.2) is 0 Å². The van der Waals surface area contributed by atoms with Gasteiger partial charge in [0.1, 0.15) is 11.8 Å². The number of halogens is 1. The summed E-state index contributed by atoms with van der Waals surface area (Å²) in [5, 5.41) is 9.01. The zero-order chi connectivity index (χ0) is 16.0. The highest BCUT2D eigenvalue weighted by Gasteiger charge is 2.30. The molecule has 0 N–H and O–H groups in total. The first kappa shape index (κ1) is 18.4. The van der Waals surface area contributed by atoms with E-state index in [1.807, 2.05) is 19.9 Å². The minimum atomic E-state index is -3.23. The summed E-state index contributed by atoms with van der Waals surface area (Å²) in [5.74, 6) is 1.07. The van der Waals surface area contributed by atoms with Crippen molar-refractivity contribution in [2.45, 2.75) is 38.7 Å². The third-order valence-electron chi connectivity index (χ3n) is 2.80. The fourth-order valence-corrected chi connectivity index (χ4v) is 3.98. The molecular weight excluding hydrogens is 357 g/mol. The molecule has 0 saturated carbocycles. The summed E-state index contributed by atoms with van der Waals surface area (Å²) in [4.78, 5) is -0.0636. The van der Waals surface area contributed by atoms with Crippen LogP contribution >= 0.6 is 23.5 Å². The van der Waals surface area contributed by atoms with Crippen molar-refractivity contribution in [3.63, 3.8) is 0 Å². The first-order valence-corrected chi connectivity index (χ1v) is 9.56. The van der Waals surface area contributed by atoms with Gasteiger partial charge >= 0.3 is 7.60 Å². The second-order valence-electron chi connectivity index (χ2n) is 4.86. The SMILES string of the molecule is CCOP(=O)(Cc1cc(C#N)oc1C(Br)C(C)C)OCC. The first-order valence-electron chi connectivity index (χ1n) is 6.91. The van der Waals surface area contributed by atoms with Crippen molar-refractivity contribution in [1.82, 2.24) is 0 Å². The summed E-state index contributed by atoms with van der Waals surface area (Å²) in [6, 6.07) is 3.58. The maximum atomic E-state index is 12.6. The van der Waals surface area contributed by atoms with E-state index in [4.69, 9.17) is 18.7 Å². The van der Waals surface area contributed by atoms with E-state index in [9.17, 15) is 4.57 Å². The summed E-state index contributed by atoms with van der Waals surface area (Å²) < 4.78 is 28.8. The normalized spacial score (nSPS) is 13.4. The van der Waals surface area contributed by atoms with Crippen LogP contribution in [0.4, 0.5) is 0 Å². The Balaban J connectivity index is 3.14. The molecule has 0 aliphatic carbocycles. The molecule has 0 saturated heterocycles. The van der Waals surface area contributed by atoms with Gasteiger partial charge in [-0.1, -0.05) is 29.8 Å². The summed E-state index contributed by atoms with van der Waals surface area (Å²) in [5.41, 5.74) is 0.687. The fraction of sp³-hybridized carbons (Fsp3) is 0.643. The number of nitrogens with zero attached hydrogens (tertiary/aromatic N) is 1. The maximum Gasteiger partial charge on any atom is 0.335 e. The molecule has 7 heteroatoms. The molecule has 1 unspecified atom stereocenters. The van der Waals surface area contributed by atoms with Gasteiger partial charge in [0.15, 0.2) is 0 Å². The zero-order valence-electron chi connectivity index (χ0n) is 12.8. The Labute approximate surface area is 134 Å². The lowest BCUT2D eigenvalue weighted by Crippen LogP contribution is -2.03. The molecule has 1 heterocycles. The smallest absolute Gasteiger partial charge is 0.335 e. The highest BCUT2D eigenvalue weighted by atomic mass is 79.9. The second kappa shape index (κ2) is 8.14. The molecule has 0 radical (unpaired) electrons. The Bertz CT molecular complexity index is 540. The van der Waals surface area contributed by atoms with E-state index in [0.717, 1.165) is 0 Å². The van der Waals surface area contributed by atoms with Crippen molar-refractivity contribution >= 4 is 23.5 Å². The standard InChI is InChI=1S/C14H21BrNO4P/c1-5-18-21(17,19-6-2)9-11-7-12(8-16)20-14(11)13(15)10(3)4/h7,10,13H,5-6,9H2,1-4H3. The number of hydrogen-bond donors (Lipinski definition) is 0. The van der Waals surface area contributed by atoms with Crippen molar-refractivity contribution < 1.29 is 18.0 Å². The fourth-order valence-electron chi connectivity index (χ4n) is 1.89. The average Bonchev–Trinajstić information content (AvgIpc) is 2.80. The minimum absolute atomic E-state index is 0.0636. The zero-order valence-corrected chi connectivity index (χ0v) is 15.2. The largest absolute Gasteiger partial charge is 0.449 e. The Morgan fingerprint density at radius 1 is 1.38 bits per heavy atom. The van der Waals surface area contributed by atoms with E-state index in [-0.39, 0.29) is 22.7 Å². The van der Waals surface area contributed by atoms with Gasteiger partial charge in [-0.3, -0.25) is 4.57 Å². The van der Waals surface area contributed by atoms with Gasteiger partial charge in [0.2, 0.25) is 5.76 Å². The number of alkyl halides is 1.